The van der Waals surface area contributed by atoms with Crippen LogP contribution < -0.4 is 5.32 Å². The molecule has 0 atom stereocenters. The molecule has 0 spiro atoms. The van der Waals surface area contributed by atoms with Gasteiger partial charge in [0.2, 0.25) is 0 Å². The van der Waals surface area contributed by atoms with Crippen LogP contribution in [0.15, 0.2) is 17.3 Å². The summed E-state index contributed by atoms with van der Waals surface area (Å²) < 4.78 is 0. The van der Waals surface area contributed by atoms with E-state index in [9.17, 15) is 0 Å². The first-order valence-electron chi connectivity index (χ1n) is 4.79. The molecule has 1 heterocycles. The molecule has 0 saturated heterocycles. The molecule has 0 saturated carbocycles. The summed E-state index contributed by atoms with van der Waals surface area (Å²) in [6.07, 6.45) is 0.784. The molecule has 1 aliphatic rings. The fraction of sp³-hybridized carbons (Fsp3) is 0.364. The Hall–Kier alpha value is -1.51. The van der Waals surface area contributed by atoms with Gasteiger partial charge in [0.05, 0.1) is 5.71 Å². The van der Waals surface area contributed by atoms with Crippen molar-refractivity contribution in [1.29, 1.82) is 0 Å². The number of aryl methyl sites for hydroxylation is 2. The number of fused-ring (bicyclic) bond motifs is 1. The molecule has 2 rings (SSSR count). The molecule has 1 aliphatic heterocycles. The van der Waals surface area contributed by atoms with Crippen molar-refractivity contribution >= 4 is 11.4 Å². The number of nitrogens with one attached hydrogen (secondary N) is 1. The van der Waals surface area contributed by atoms with Crippen molar-refractivity contribution in [2.45, 2.75) is 20.3 Å². The van der Waals surface area contributed by atoms with Gasteiger partial charge in [-0.25, -0.2) is 0 Å². The zero-order valence-electron chi connectivity index (χ0n) is 8.46. The van der Waals surface area contributed by atoms with Crippen LogP contribution in [-0.4, -0.2) is 17.5 Å². The Labute approximate surface area is 83.4 Å². The Morgan fingerprint density at radius 1 is 1.36 bits per heavy atom. The van der Waals surface area contributed by atoms with Crippen LogP contribution >= 0.6 is 0 Å². The van der Waals surface area contributed by atoms with E-state index >= 15 is 0 Å². The minimum absolute atomic E-state index is 0.783. The highest BCUT2D eigenvalue weighted by Crippen LogP contribution is 2.27. The lowest BCUT2D eigenvalue weighted by atomic mass is 9.96. The molecule has 2 N–H and O–H groups in total. The lowest BCUT2D eigenvalue weighted by molar-refractivity contribution is 0.318. The Balaban J connectivity index is 2.62. The third kappa shape index (κ3) is 1.35. The van der Waals surface area contributed by atoms with Gasteiger partial charge in [0.25, 0.3) is 0 Å². The van der Waals surface area contributed by atoms with Crippen LogP contribution in [0.4, 0.5) is 5.69 Å². The van der Waals surface area contributed by atoms with Gasteiger partial charge < -0.3 is 10.5 Å². The van der Waals surface area contributed by atoms with Gasteiger partial charge in [-0.1, -0.05) is 16.8 Å². The molecule has 0 fully saturated rings. The molecule has 0 aromatic heterocycles. The van der Waals surface area contributed by atoms with Crippen LogP contribution in [0.25, 0.3) is 0 Å². The third-order valence-corrected chi connectivity index (χ3v) is 2.58. The summed E-state index contributed by atoms with van der Waals surface area (Å²) in [5, 5.41) is 15.6. The van der Waals surface area contributed by atoms with Crippen LogP contribution in [0.1, 0.15) is 23.1 Å². The third-order valence-electron chi connectivity index (χ3n) is 2.58. The number of anilines is 1. The van der Waals surface area contributed by atoms with Crippen molar-refractivity contribution in [1.82, 2.24) is 0 Å². The fourth-order valence-electron chi connectivity index (χ4n) is 1.97. The van der Waals surface area contributed by atoms with Gasteiger partial charge in [-0.05, 0) is 25.5 Å². The maximum atomic E-state index is 8.88. The Bertz CT molecular complexity index is 397. The molecular formula is C11H14N2O. The highest BCUT2D eigenvalue weighted by molar-refractivity contribution is 6.07. The highest BCUT2D eigenvalue weighted by Gasteiger charge is 2.17. The van der Waals surface area contributed by atoms with Gasteiger partial charge >= 0.3 is 0 Å². The normalized spacial score (nSPS) is 17.7. The fourth-order valence-corrected chi connectivity index (χ4v) is 1.97. The zero-order chi connectivity index (χ0) is 10.1. The Morgan fingerprint density at radius 3 is 2.86 bits per heavy atom. The van der Waals surface area contributed by atoms with E-state index in [2.05, 4.69) is 36.5 Å². The van der Waals surface area contributed by atoms with E-state index in [0.29, 0.717) is 0 Å². The monoisotopic (exact) mass is 190 g/mol. The maximum Gasteiger partial charge on any atom is 0.0906 e. The summed E-state index contributed by atoms with van der Waals surface area (Å²) in [6.45, 7) is 4.96. The second-order valence-corrected chi connectivity index (χ2v) is 3.73. The quantitative estimate of drug-likeness (QED) is 0.487. The molecular weight excluding hydrogens is 176 g/mol. The molecule has 1 aromatic carbocycles. The average molecular weight is 190 g/mol. The topological polar surface area (TPSA) is 44.6 Å². The van der Waals surface area contributed by atoms with Crippen LogP contribution in [-0.2, 0) is 0 Å². The van der Waals surface area contributed by atoms with Crippen LogP contribution in [0.2, 0.25) is 0 Å². The van der Waals surface area contributed by atoms with Gasteiger partial charge in [-0.2, -0.15) is 0 Å². The van der Waals surface area contributed by atoms with Gasteiger partial charge in [-0.3, -0.25) is 0 Å². The lowest BCUT2D eigenvalue weighted by Gasteiger charge is -2.21. The maximum absolute atomic E-state index is 8.88. The van der Waals surface area contributed by atoms with Gasteiger partial charge in [0, 0.05) is 24.2 Å². The highest BCUT2D eigenvalue weighted by atomic mass is 16.4. The van der Waals surface area contributed by atoms with Crippen molar-refractivity contribution < 1.29 is 5.21 Å². The van der Waals surface area contributed by atoms with E-state index in [4.69, 9.17) is 5.21 Å². The van der Waals surface area contributed by atoms with Crippen molar-refractivity contribution in [3.8, 4) is 0 Å². The Kier molecular flexibility index (Phi) is 2.15. The summed E-state index contributed by atoms with van der Waals surface area (Å²) in [5.41, 5.74) is 5.34. The molecule has 0 aliphatic carbocycles. The zero-order valence-corrected chi connectivity index (χ0v) is 8.46. The molecule has 0 unspecified atom stereocenters. The molecule has 3 heteroatoms. The first-order valence-corrected chi connectivity index (χ1v) is 4.79. The van der Waals surface area contributed by atoms with Crippen molar-refractivity contribution in [2.24, 2.45) is 5.16 Å². The van der Waals surface area contributed by atoms with Crippen LogP contribution in [0.3, 0.4) is 0 Å². The van der Waals surface area contributed by atoms with Crippen molar-refractivity contribution in [2.75, 3.05) is 11.9 Å². The van der Waals surface area contributed by atoms with E-state index in [0.717, 1.165) is 29.9 Å². The summed E-state index contributed by atoms with van der Waals surface area (Å²) >= 11 is 0. The van der Waals surface area contributed by atoms with Gasteiger partial charge in [-0.15, -0.1) is 0 Å². The molecule has 74 valence electrons. The Morgan fingerprint density at radius 2 is 2.14 bits per heavy atom. The van der Waals surface area contributed by atoms with E-state index in [-0.39, 0.29) is 0 Å². The van der Waals surface area contributed by atoms with Gasteiger partial charge in [0.1, 0.15) is 0 Å². The molecule has 0 bridgehead atoms. The van der Waals surface area contributed by atoms with Crippen molar-refractivity contribution in [3.63, 3.8) is 0 Å². The minimum atomic E-state index is 0.783. The summed E-state index contributed by atoms with van der Waals surface area (Å²) in [5.74, 6) is 0. The van der Waals surface area contributed by atoms with E-state index in [1.165, 1.54) is 11.1 Å². The number of rotatable bonds is 0. The van der Waals surface area contributed by atoms with Gasteiger partial charge in [0.15, 0.2) is 0 Å². The number of oxime groups is 1. The predicted molar refractivity (Wildman–Crippen MR) is 57.3 cm³/mol. The van der Waals surface area contributed by atoms with E-state index < -0.39 is 0 Å². The number of hydrogen-bond acceptors (Lipinski definition) is 3. The lowest BCUT2D eigenvalue weighted by Crippen LogP contribution is -2.19. The smallest absolute Gasteiger partial charge is 0.0906 e. The second-order valence-electron chi connectivity index (χ2n) is 3.73. The first kappa shape index (κ1) is 9.06. The summed E-state index contributed by atoms with van der Waals surface area (Å²) in [7, 11) is 0. The molecule has 3 nitrogen and oxygen atoms in total. The standard InChI is InChI=1S/C11H14N2O/c1-7-5-8(2)11-9(6-7)10(13-14)3-4-12-11/h5-6,12,14H,3-4H2,1-2H3/b13-10-. The van der Waals surface area contributed by atoms with Crippen LogP contribution in [0.5, 0.6) is 0 Å². The second kappa shape index (κ2) is 3.33. The number of benzene rings is 1. The molecule has 0 amide bonds. The van der Waals surface area contributed by atoms with Crippen molar-refractivity contribution in [3.05, 3.63) is 28.8 Å². The number of nitrogens with zero attached hydrogens (tertiary/aromatic N) is 1. The predicted octanol–water partition coefficient (Wildman–Crippen LogP) is 2.30. The SMILES string of the molecule is Cc1cc(C)c2c(c1)/C(=N\O)CCN2. The average Bonchev–Trinajstić information content (AvgIpc) is 2.17. The summed E-state index contributed by atoms with van der Waals surface area (Å²) in [6, 6.07) is 4.19. The minimum Gasteiger partial charge on any atom is -0.411 e. The molecule has 14 heavy (non-hydrogen) atoms. The van der Waals surface area contributed by atoms with E-state index in [1.807, 2.05) is 0 Å². The number of hydrogen-bond donors (Lipinski definition) is 2. The molecule has 1 aromatic rings. The van der Waals surface area contributed by atoms with Crippen LogP contribution in [0, 0.1) is 13.8 Å². The van der Waals surface area contributed by atoms with E-state index in [1.54, 1.807) is 0 Å². The first-order chi connectivity index (χ1) is 6.72. The largest absolute Gasteiger partial charge is 0.411 e. The molecule has 0 radical (unpaired) electrons. The summed E-state index contributed by atoms with van der Waals surface area (Å²) in [4.78, 5) is 0.